The van der Waals surface area contributed by atoms with E-state index in [0.29, 0.717) is 38.8 Å². The zero-order chi connectivity index (χ0) is 86.3. The Bertz CT molecular complexity index is 4330. The number of carbonyl (C=O) groups is 10. The Labute approximate surface area is 701 Å². The van der Waals surface area contributed by atoms with Crippen LogP contribution in [0.4, 0.5) is 0 Å². The van der Waals surface area contributed by atoms with E-state index in [1.807, 2.05) is 176 Å². The van der Waals surface area contributed by atoms with Crippen molar-refractivity contribution in [2.75, 3.05) is 67.0 Å². The molecule has 8 rings (SSSR count). The minimum Gasteiger partial charge on any atom is -0.508 e. The highest BCUT2D eigenvalue weighted by atomic mass is 16.5. The predicted molar refractivity (Wildman–Crippen MR) is 458 cm³/mol. The van der Waals surface area contributed by atoms with Crippen LogP contribution in [0, 0.1) is 65.2 Å². The van der Waals surface area contributed by atoms with Gasteiger partial charge in [0.05, 0.1) is 51.7 Å². The maximum Gasteiger partial charge on any atom is 0.306 e. The summed E-state index contributed by atoms with van der Waals surface area (Å²) >= 11 is 0. The lowest BCUT2D eigenvalue weighted by Crippen LogP contribution is -2.47. The van der Waals surface area contributed by atoms with Gasteiger partial charge in [-0.25, -0.2) is 0 Å². The first-order chi connectivity index (χ1) is 57.3. The third kappa shape index (κ3) is 37.0. The van der Waals surface area contributed by atoms with Crippen LogP contribution in [-0.2, 0) is 122 Å². The van der Waals surface area contributed by atoms with Crippen LogP contribution in [0.25, 0.3) is 0 Å². The van der Waals surface area contributed by atoms with Gasteiger partial charge in [-0.3, -0.25) is 38.4 Å². The van der Waals surface area contributed by atoms with Crippen molar-refractivity contribution >= 4 is 58.7 Å². The van der Waals surface area contributed by atoms with Gasteiger partial charge in [-0.15, -0.1) is 0 Å². The molecule has 5 N–H and O–H groups in total. The molecule has 0 bridgehead atoms. The molecular formula is C97H120N4O18. The first kappa shape index (κ1) is 96.5. The van der Waals surface area contributed by atoms with E-state index in [1.165, 1.54) is 59.4 Å². The molecule has 22 heteroatoms. The molecule has 0 spiro atoms. The number of benzene rings is 8. The number of phenols is 1. The Morgan fingerprint density at radius 1 is 0.336 bits per heavy atom. The van der Waals surface area contributed by atoms with E-state index in [1.54, 1.807) is 26.4 Å². The van der Waals surface area contributed by atoms with Crippen LogP contribution in [-0.4, -0.2) is 143 Å². The van der Waals surface area contributed by atoms with Crippen LogP contribution in [0.15, 0.2) is 200 Å². The van der Waals surface area contributed by atoms with Gasteiger partial charge < -0.3 is 69.1 Å². The number of nitrogens with one attached hydrogen (secondary N) is 4. The van der Waals surface area contributed by atoms with E-state index in [4.69, 9.17) is 33.2 Å². The number of hydrogen-bond donors (Lipinski definition) is 5. The van der Waals surface area contributed by atoms with Gasteiger partial charge in [-0.05, 0) is 191 Å². The van der Waals surface area contributed by atoms with Gasteiger partial charge in [0.2, 0.25) is 23.6 Å². The average molecular weight is 1630 g/mol. The first-order valence-corrected chi connectivity index (χ1v) is 40.7. The van der Waals surface area contributed by atoms with Gasteiger partial charge in [-0.2, -0.15) is 0 Å². The summed E-state index contributed by atoms with van der Waals surface area (Å²) in [7, 11) is 3.13. The molecule has 0 saturated carbocycles. The fourth-order valence-electron chi connectivity index (χ4n) is 13.2. The van der Waals surface area contributed by atoms with Gasteiger partial charge in [0.1, 0.15) is 42.9 Å². The Morgan fingerprint density at radius 3 is 0.975 bits per heavy atom. The van der Waals surface area contributed by atoms with E-state index in [2.05, 4.69) is 62.8 Å². The molecule has 0 fully saturated rings. The van der Waals surface area contributed by atoms with Crippen molar-refractivity contribution in [3.8, 4) is 11.5 Å². The summed E-state index contributed by atoms with van der Waals surface area (Å²) in [5.74, 6) is -6.37. The second-order valence-corrected chi connectivity index (χ2v) is 29.8. The summed E-state index contributed by atoms with van der Waals surface area (Å²) in [6.45, 7) is 19.1. The largest absolute Gasteiger partial charge is 0.508 e. The number of ketones is 4. The molecule has 0 radical (unpaired) electrons. The maximum atomic E-state index is 14.2. The molecule has 0 heterocycles. The zero-order valence-electron chi connectivity index (χ0n) is 70.7. The zero-order valence-corrected chi connectivity index (χ0v) is 70.7. The first-order valence-electron chi connectivity index (χ1n) is 40.7. The van der Waals surface area contributed by atoms with Crippen molar-refractivity contribution in [1.82, 2.24) is 21.3 Å². The highest BCUT2D eigenvalue weighted by Crippen LogP contribution is 2.27. The van der Waals surface area contributed by atoms with E-state index >= 15 is 0 Å². The van der Waals surface area contributed by atoms with Crippen molar-refractivity contribution < 1.29 is 86.2 Å². The standard InChI is InChI=1S/C46H54N2O9.C39H48N2O9.C12H18/c1-34(49)28-40(29-36-18-21-41(22-19-36)56-32-37-14-8-4-9-15-37)46(53)48-42(30-35-12-6-3-7-13-35)43(50)31-39(45(52)47-24-25-55-27-26-54-2)20-23-44(51)57-33-38-16-10-5-11-17-38;1-28(42)23-33(24-30-13-16-34(43)17-14-30)39(47)41-35(25-29-9-5-3-6-10-29)36(44)26-32(38(46)40-19-20-49-22-21-48-2)15-18-37(45)50-27-31-11-7-4-8-12-31;1-7-8(2)10(4)12(6)11(5)9(7)3/h3-19,21-22,39-40,42H,20,23-33H2,1-2H3,(H,47,52)(H,48,53);3-14,16-17,32-33,35,43H,15,18-27H2,1-2H3,(H,40,46)(H,41,47);1-6H3/t39-,40+,42-;32-,33+,35-;/m11./s1. The fourth-order valence-corrected chi connectivity index (χ4v) is 13.2. The van der Waals surface area contributed by atoms with Gasteiger partial charge in [0.25, 0.3) is 0 Å². The van der Waals surface area contributed by atoms with Gasteiger partial charge in [0, 0.05) is 89.5 Å². The summed E-state index contributed by atoms with van der Waals surface area (Å²) in [6, 6.07) is 58.5. The Balaban J connectivity index is 0.000000325. The predicted octanol–water partition coefficient (Wildman–Crippen LogP) is 13.7. The molecule has 8 aromatic rings. The summed E-state index contributed by atoms with van der Waals surface area (Å²) in [5, 5.41) is 21.1. The summed E-state index contributed by atoms with van der Waals surface area (Å²) < 4.78 is 37.6. The Kier molecular flexibility index (Phi) is 43.7. The molecule has 119 heavy (non-hydrogen) atoms. The average Bonchev–Trinajstić information content (AvgIpc) is 0.811. The molecule has 0 saturated heterocycles. The minimum atomic E-state index is -1.00. The highest BCUT2D eigenvalue weighted by Gasteiger charge is 2.34. The number of methoxy groups -OCH3 is 2. The molecule has 0 aliphatic carbocycles. The summed E-state index contributed by atoms with van der Waals surface area (Å²) in [6.07, 6.45) is 0.214. The smallest absolute Gasteiger partial charge is 0.306 e. The quantitative estimate of drug-likeness (QED) is 0.0175. The van der Waals surface area contributed by atoms with E-state index in [9.17, 15) is 53.1 Å². The monoisotopic (exact) mass is 1630 g/mol. The second-order valence-electron chi connectivity index (χ2n) is 29.8. The lowest BCUT2D eigenvalue weighted by atomic mass is 9.89. The number of aromatic hydroxyl groups is 1. The SMILES string of the molecule is COCCOCCNC(=O)[C@H](CCC(=O)OCc1ccccc1)CC(=O)[C@@H](Cc1ccccc1)NC(=O)[C@@H](CC(C)=O)Cc1ccc(O)cc1.COCCOCCNC(=O)[C@H](CCC(=O)OCc1ccccc1)CC(=O)[C@@H](Cc1ccccc1)NC(=O)[C@@H](CC(C)=O)Cc1ccc(OCc2ccccc2)cc1.Cc1c(C)c(C)c(C)c(C)c1C. The molecule has 0 aliphatic rings. The number of Topliss-reactive ketones (excluding diaryl/α,β-unsaturated/α-hetero) is 4. The van der Waals surface area contributed by atoms with Crippen LogP contribution < -0.4 is 26.0 Å². The number of amides is 4. The van der Waals surface area contributed by atoms with E-state index in [0.717, 1.165) is 38.9 Å². The lowest BCUT2D eigenvalue weighted by Gasteiger charge is -2.24. The number of esters is 2. The molecule has 6 atom stereocenters. The summed E-state index contributed by atoms with van der Waals surface area (Å²) in [4.78, 5) is 133. The van der Waals surface area contributed by atoms with Crippen molar-refractivity contribution in [3.63, 3.8) is 0 Å². The third-order valence-electron chi connectivity index (χ3n) is 20.7. The van der Waals surface area contributed by atoms with Crippen molar-refractivity contribution in [1.29, 1.82) is 0 Å². The fraction of sp³-hybridized carbons (Fsp3) is 0.402. The van der Waals surface area contributed by atoms with Crippen LogP contribution >= 0.6 is 0 Å². The number of rotatable bonds is 49. The molecule has 22 nitrogen and oxygen atoms in total. The highest BCUT2D eigenvalue weighted by molar-refractivity contribution is 5.96. The number of phenolic OH excluding ortho intramolecular Hbond substituents is 1. The van der Waals surface area contributed by atoms with Crippen LogP contribution in [0.2, 0.25) is 0 Å². The Hall–Kier alpha value is -11.3. The normalized spacial score (nSPS) is 12.4. The second kappa shape index (κ2) is 53.9. The van der Waals surface area contributed by atoms with Gasteiger partial charge >= 0.3 is 11.9 Å². The summed E-state index contributed by atoms with van der Waals surface area (Å²) in [5.41, 5.74) is 14.6. The van der Waals surface area contributed by atoms with E-state index in [-0.39, 0.29) is 145 Å². The van der Waals surface area contributed by atoms with Crippen LogP contribution in [0.3, 0.4) is 0 Å². The minimum absolute atomic E-state index is 0.0209. The Morgan fingerprint density at radius 2 is 0.647 bits per heavy atom. The molecule has 636 valence electrons. The van der Waals surface area contributed by atoms with Gasteiger partial charge in [0.15, 0.2) is 11.6 Å². The topological polar surface area (TPSA) is 304 Å². The lowest BCUT2D eigenvalue weighted by molar-refractivity contribution is -0.146. The number of ether oxygens (including phenoxy) is 7. The number of hydrogen-bond acceptors (Lipinski definition) is 18. The third-order valence-corrected chi connectivity index (χ3v) is 20.7. The van der Waals surface area contributed by atoms with Crippen LogP contribution in [0.1, 0.15) is 138 Å². The molecule has 4 amide bonds. The number of carbonyl (C=O) groups excluding carboxylic acids is 10. The maximum absolute atomic E-state index is 14.2. The van der Waals surface area contributed by atoms with Crippen molar-refractivity contribution in [3.05, 3.63) is 273 Å². The molecule has 0 unspecified atom stereocenters. The van der Waals surface area contributed by atoms with Crippen molar-refractivity contribution in [2.24, 2.45) is 23.7 Å². The molecule has 0 aromatic heterocycles. The molecular weight excluding hydrogens is 1510 g/mol. The van der Waals surface area contributed by atoms with Gasteiger partial charge in [-0.1, -0.05) is 176 Å². The van der Waals surface area contributed by atoms with Crippen molar-refractivity contribution in [2.45, 2.75) is 164 Å². The van der Waals surface area contributed by atoms with Crippen LogP contribution in [0.5, 0.6) is 11.5 Å². The van der Waals surface area contributed by atoms with E-state index < -0.39 is 71.3 Å². The molecule has 8 aromatic carbocycles. The molecule has 0 aliphatic heterocycles.